The van der Waals surface area contributed by atoms with Gasteiger partial charge in [-0.25, -0.2) is 4.39 Å². The van der Waals surface area contributed by atoms with E-state index >= 15 is 0 Å². The van der Waals surface area contributed by atoms with E-state index in [1.807, 2.05) is 0 Å². The fourth-order valence-corrected chi connectivity index (χ4v) is 1.36. The average molecular weight is 179 g/mol. The minimum Gasteiger partial charge on any atom is -0.307 e. The van der Waals surface area contributed by atoms with E-state index in [1.165, 1.54) is 12.1 Å². The second-order valence-electron chi connectivity index (χ2n) is 3.17. The van der Waals surface area contributed by atoms with Crippen LogP contribution in [0.4, 0.5) is 4.39 Å². The Morgan fingerprint density at radius 3 is 2.85 bits per heavy atom. The first-order chi connectivity index (χ1) is 6.27. The van der Waals surface area contributed by atoms with Crippen molar-refractivity contribution in [3.63, 3.8) is 0 Å². The Labute approximate surface area is 75.8 Å². The molecule has 13 heavy (non-hydrogen) atoms. The third-order valence-corrected chi connectivity index (χ3v) is 2.25. The van der Waals surface area contributed by atoms with Crippen molar-refractivity contribution in [2.75, 3.05) is 6.54 Å². The van der Waals surface area contributed by atoms with E-state index in [-0.39, 0.29) is 17.6 Å². The number of carbonyl (C=O) groups is 1. The molecule has 0 saturated carbocycles. The fraction of sp³-hybridized carbons (Fsp3) is 0.300. The maximum absolute atomic E-state index is 12.7. The highest BCUT2D eigenvalue weighted by Crippen LogP contribution is 2.12. The van der Waals surface area contributed by atoms with E-state index in [0.717, 1.165) is 13.0 Å². The normalized spacial score (nSPS) is 20.8. The summed E-state index contributed by atoms with van der Waals surface area (Å²) >= 11 is 0. The highest BCUT2D eigenvalue weighted by atomic mass is 19.1. The van der Waals surface area contributed by atoms with Gasteiger partial charge in [-0.2, -0.15) is 0 Å². The predicted molar refractivity (Wildman–Crippen MR) is 47.1 cm³/mol. The number of benzene rings is 1. The second kappa shape index (κ2) is 3.26. The zero-order valence-electron chi connectivity index (χ0n) is 7.09. The van der Waals surface area contributed by atoms with Gasteiger partial charge in [-0.1, -0.05) is 12.1 Å². The first-order valence-corrected chi connectivity index (χ1v) is 4.30. The lowest BCUT2D eigenvalue weighted by Gasteiger charge is -2.25. The molecule has 0 spiro atoms. The van der Waals surface area contributed by atoms with Crippen molar-refractivity contribution in [3.05, 3.63) is 35.6 Å². The summed E-state index contributed by atoms with van der Waals surface area (Å²) in [5.41, 5.74) is 0.456. The highest BCUT2D eigenvalue weighted by Gasteiger charge is 2.25. The van der Waals surface area contributed by atoms with Crippen LogP contribution in [-0.4, -0.2) is 18.4 Å². The van der Waals surface area contributed by atoms with E-state index in [2.05, 4.69) is 5.32 Å². The van der Waals surface area contributed by atoms with Gasteiger partial charge in [0.25, 0.3) is 0 Å². The molecule has 2 rings (SSSR count). The largest absolute Gasteiger partial charge is 0.307 e. The molecule has 1 fully saturated rings. The Bertz CT molecular complexity index is 333. The Hall–Kier alpha value is -1.22. The molecule has 0 bridgehead atoms. The summed E-state index contributed by atoms with van der Waals surface area (Å²) in [5.74, 6) is -0.365. The topological polar surface area (TPSA) is 29.1 Å². The standard InChI is InChI=1S/C10H10FNO/c11-8-3-1-2-7(6-8)10(13)9-4-5-12-9/h1-3,6,9,12H,4-5H2. The smallest absolute Gasteiger partial charge is 0.179 e. The first kappa shape index (κ1) is 8.38. The molecular weight excluding hydrogens is 169 g/mol. The third-order valence-electron chi connectivity index (χ3n) is 2.25. The lowest BCUT2D eigenvalue weighted by Crippen LogP contribution is -2.48. The van der Waals surface area contributed by atoms with Gasteiger partial charge in [0.05, 0.1) is 6.04 Å². The molecule has 1 atom stereocenters. The van der Waals surface area contributed by atoms with Gasteiger partial charge < -0.3 is 5.32 Å². The van der Waals surface area contributed by atoms with Crippen LogP contribution in [-0.2, 0) is 0 Å². The van der Waals surface area contributed by atoms with Crippen molar-refractivity contribution in [2.24, 2.45) is 0 Å². The zero-order chi connectivity index (χ0) is 9.26. The molecule has 1 aromatic carbocycles. The minimum atomic E-state index is -0.356. The zero-order valence-corrected chi connectivity index (χ0v) is 7.09. The van der Waals surface area contributed by atoms with E-state index in [9.17, 15) is 9.18 Å². The van der Waals surface area contributed by atoms with Gasteiger partial charge >= 0.3 is 0 Å². The molecule has 1 unspecified atom stereocenters. The van der Waals surface area contributed by atoms with Crippen molar-refractivity contribution in [2.45, 2.75) is 12.5 Å². The summed E-state index contributed by atoms with van der Waals surface area (Å²) in [6, 6.07) is 5.72. The van der Waals surface area contributed by atoms with Gasteiger partial charge in [0, 0.05) is 5.56 Å². The Kier molecular flexibility index (Phi) is 2.10. The van der Waals surface area contributed by atoms with Crippen molar-refractivity contribution >= 4 is 5.78 Å². The molecule has 2 nitrogen and oxygen atoms in total. The Balaban J connectivity index is 2.19. The van der Waals surface area contributed by atoms with Crippen molar-refractivity contribution in [1.29, 1.82) is 0 Å². The van der Waals surface area contributed by atoms with Crippen LogP contribution in [0.3, 0.4) is 0 Å². The van der Waals surface area contributed by atoms with Crippen LogP contribution in [0.1, 0.15) is 16.8 Å². The first-order valence-electron chi connectivity index (χ1n) is 4.30. The number of ketones is 1. The monoisotopic (exact) mass is 179 g/mol. The number of hydrogen-bond donors (Lipinski definition) is 1. The summed E-state index contributed by atoms with van der Waals surface area (Å²) in [7, 11) is 0. The Morgan fingerprint density at radius 2 is 2.31 bits per heavy atom. The Morgan fingerprint density at radius 1 is 1.54 bits per heavy atom. The quantitative estimate of drug-likeness (QED) is 0.695. The molecule has 1 saturated heterocycles. The van der Waals surface area contributed by atoms with E-state index < -0.39 is 0 Å². The number of rotatable bonds is 2. The molecule has 3 heteroatoms. The summed E-state index contributed by atoms with van der Waals surface area (Å²) in [6.07, 6.45) is 0.856. The summed E-state index contributed by atoms with van der Waals surface area (Å²) in [5, 5.41) is 2.99. The van der Waals surface area contributed by atoms with E-state index in [1.54, 1.807) is 12.1 Å². The molecule has 1 heterocycles. The van der Waals surface area contributed by atoms with Gasteiger partial charge in [-0.15, -0.1) is 0 Å². The minimum absolute atomic E-state index is 0.00856. The maximum Gasteiger partial charge on any atom is 0.179 e. The molecule has 0 aromatic heterocycles. The van der Waals surface area contributed by atoms with Crippen LogP contribution in [0.15, 0.2) is 24.3 Å². The molecule has 68 valence electrons. The molecule has 1 aromatic rings. The summed E-state index contributed by atoms with van der Waals surface area (Å²) < 4.78 is 12.7. The summed E-state index contributed by atoms with van der Waals surface area (Å²) in [6.45, 7) is 0.881. The number of halogens is 1. The van der Waals surface area contributed by atoms with Gasteiger partial charge in [0.1, 0.15) is 5.82 Å². The lowest BCUT2D eigenvalue weighted by molar-refractivity contribution is 0.0903. The molecule has 0 aliphatic carbocycles. The molecule has 0 radical (unpaired) electrons. The number of carbonyl (C=O) groups excluding carboxylic acids is 1. The van der Waals surface area contributed by atoms with Gasteiger partial charge in [0.15, 0.2) is 5.78 Å². The fourth-order valence-electron chi connectivity index (χ4n) is 1.36. The van der Waals surface area contributed by atoms with Crippen molar-refractivity contribution in [1.82, 2.24) is 5.32 Å². The van der Waals surface area contributed by atoms with E-state index in [0.29, 0.717) is 5.56 Å². The molecular formula is C10H10FNO. The van der Waals surface area contributed by atoms with Crippen LogP contribution in [0.5, 0.6) is 0 Å². The van der Waals surface area contributed by atoms with Gasteiger partial charge in [-0.05, 0) is 25.1 Å². The molecule has 1 aliphatic heterocycles. The van der Waals surface area contributed by atoms with Crippen LogP contribution >= 0.6 is 0 Å². The average Bonchev–Trinajstić information content (AvgIpc) is 2.01. The second-order valence-corrected chi connectivity index (χ2v) is 3.17. The predicted octanol–water partition coefficient (Wildman–Crippen LogP) is 1.37. The molecule has 1 N–H and O–H groups in total. The number of nitrogens with one attached hydrogen (secondary N) is 1. The number of hydrogen-bond acceptors (Lipinski definition) is 2. The van der Waals surface area contributed by atoms with Crippen LogP contribution in [0.2, 0.25) is 0 Å². The van der Waals surface area contributed by atoms with Crippen LogP contribution in [0.25, 0.3) is 0 Å². The van der Waals surface area contributed by atoms with Crippen LogP contribution < -0.4 is 5.32 Å². The van der Waals surface area contributed by atoms with Gasteiger partial charge in [-0.3, -0.25) is 4.79 Å². The molecule has 0 amide bonds. The maximum atomic E-state index is 12.7. The van der Waals surface area contributed by atoms with Crippen LogP contribution in [0, 0.1) is 5.82 Å². The lowest BCUT2D eigenvalue weighted by atomic mass is 9.97. The van der Waals surface area contributed by atoms with Crippen molar-refractivity contribution < 1.29 is 9.18 Å². The SMILES string of the molecule is O=C(c1cccc(F)c1)C1CCN1. The third kappa shape index (κ3) is 1.60. The van der Waals surface area contributed by atoms with E-state index in [4.69, 9.17) is 0 Å². The molecule has 1 aliphatic rings. The van der Waals surface area contributed by atoms with Gasteiger partial charge in [0.2, 0.25) is 0 Å². The van der Waals surface area contributed by atoms with Crippen molar-refractivity contribution in [3.8, 4) is 0 Å². The number of Topliss-reactive ketones (excluding diaryl/α,β-unsaturated/α-hetero) is 1. The highest BCUT2D eigenvalue weighted by molar-refractivity contribution is 6.00. The summed E-state index contributed by atoms with van der Waals surface area (Å²) in [4.78, 5) is 11.6.